The number of carbonyl (C=O) groups is 2. The van der Waals surface area contributed by atoms with Gasteiger partial charge in [0.15, 0.2) is 11.5 Å². The minimum Gasteiger partial charge on any atom is -0.494 e. The molecule has 2 aromatic carbocycles. The number of ether oxygens (including phenoxy) is 3. The first-order valence-electron chi connectivity index (χ1n) is 8.94. The number of benzene rings is 2. The standard InChI is InChI=1S/C20H19N3O5/c1-2-26-14-6-3-12(4-7-14)15-10-18(24)22-20(21-15)23-19(25)13-5-8-16-17(9-13)28-11-27-16/h3-9,15H,2,10-11H2,1H3,(H2,21,22,23,24,25)/t15-/m1/s1. The summed E-state index contributed by atoms with van der Waals surface area (Å²) >= 11 is 0. The normalized spacial score (nSPS) is 17.5. The molecule has 2 aliphatic rings. The van der Waals surface area contributed by atoms with Crippen LogP contribution in [-0.2, 0) is 4.79 Å². The first-order valence-corrected chi connectivity index (χ1v) is 8.94. The monoisotopic (exact) mass is 381 g/mol. The Morgan fingerprint density at radius 3 is 2.79 bits per heavy atom. The second-order valence-corrected chi connectivity index (χ2v) is 6.27. The van der Waals surface area contributed by atoms with Crippen LogP contribution in [0.1, 0.15) is 35.3 Å². The fourth-order valence-electron chi connectivity index (χ4n) is 3.02. The number of fused-ring (bicyclic) bond motifs is 1. The van der Waals surface area contributed by atoms with Crippen molar-refractivity contribution < 1.29 is 23.8 Å². The maximum Gasteiger partial charge on any atom is 0.258 e. The number of nitrogens with zero attached hydrogens (tertiary/aromatic N) is 1. The van der Waals surface area contributed by atoms with E-state index in [9.17, 15) is 9.59 Å². The number of aliphatic imine (C=N–C) groups is 1. The van der Waals surface area contributed by atoms with Crippen LogP contribution in [0, 0.1) is 0 Å². The third-order valence-corrected chi connectivity index (χ3v) is 4.36. The molecule has 144 valence electrons. The third-order valence-electron chi connectivity index (χ3n) is 4.36. The molecule has 0 fully saturated rings. The van der Waals surface area contributed by atoms with Crippen molar-refractivity contribution in [1.82, 2.24) is 10.6 Å². The fourth-order valence-corrected chi connectivity index (χ4v) is 3.02. The van der Waals surface area contributed by atoms with Gasteiger partial charge < -0.3 is 14.2 Å². The van der Waals surface area contributed by atoms with E-state index in [0.717, 1.165) is 11.3 Å². The van der Waals surface area contributed by atoms with Gasteiger partial charge in [-0.2, -0.15) is 0 Å². The highest BCUT2D eigenvalue weighted by Crippen LogP contribution is 2.32. The van der Waals surface area contributed by atoms with Crippen molar-refractivity contribution in [1.29, 1.82) is 0 Å². The van der Waals surface area contributed by atoms with Crippen molar-refractivity contribution in [2.24, 2.45) is 4.99 Å². The molecule has 2 heterocycles. The van der Waals surface area contributed by atoms with E-state index >= 15 is 0 Å². The molecule has 4 rings (SSSR count). The number of guanidine groups is 1. The maximum atomic E-state index is 12.5. The molecule has 0 unspecified atom stereocenters. The zero-order valence-corrected chi connectivity index (χ0v) is 15.2. The summed E-state index contributed by atoms with van der Waals surface area (Å²) in [7, 11) is 0. The number of rotatable bonds is 4. The Morgan fingerprint density at radius 2 is 2.00 bits per heavy atom. The van der Waals surface area contributed by atoms with Gasteiger partial charge in [-0.15, -0.1) is 0 Å². The van der Waals surface area contributed by atoms with Gasteiger partial charge in [0.05, 0.1) is 19.1 Å². The van der Waals surface area contributed by atoms with Crippen molar-refractivity contribution in [2.45, 2.75) is 19.4 Å². The molecule has 8 nitrogen and oxygen atoms in total. The molecule has 1 atom stereocenters. The Hall–Kier alpha value is -3.55. The van der Waals surface area contributed by atoms with Crippen LogP contribution < -0.4 is 24.8 Å². The van der Waals surface area contributed by atoms with Gasteiger partial charge in [0.2, 0.25) is 18.7 Å². The Balaban J connectivity index is 1.50. The van der Waals surface area contributed by atoms with Crippen LogP contribution in [0.4, 0.5) is 0 Å². The maximum absolute atomic E-state index is 12.5. The predicted molar refractivity (Wildman–Crippen MR) is 101 cm³/mol. The SMILES string of the molecule is CCOc1ccc([C@H]2CC(=O)NC(NC(=O)c3ccc4c(c3)OCO4)=N2)cc1. The quantitative estimate of drug-likeness (QED) is 0.846. The third kappa shape index (κ3) is 3.75. The second-order valence-electron chi connectivity index (χ2n) is 6.27. The van der Waals surface area contributed by atoms with Gasteiger partial charge in [0.25, 0.3) is 5.91 Å². The lowest BCUT2D eigenvalue weighted by molar-refractivity contribution is -0.120. The minimum atomic E-state index is -0.398. The number of carbonyl (C=O) groups excluding carboxylic acids is 2. The topological polar surface area (TPSA) is 98.3 Å². The smallest absolute Gasteiger partial charge is 0.258 e. The zero-order valence-electron chi connectivity index (χ0n) is 15.2. The van der Waals surface area contributed by atoms with Crippen molar-refractivity contribution in [3.8, 4) is 17.2 Å². The molecule has 2 aliphatic heterocycles. The van der Waals surface area contributed by atoms with Gasteiger partial charge in [0.1, 0.15) is 5.75 Å². The predicted octanol–water partition coefficient (Wildman–Crippen LogP) is 2.16. The molecule has 8 heteroatoms. The van der Waals surface area contributed by atoms with Crippen LogP contribution in [0.15, 0.2) is 47.5 Å². The summed E-state index contributed by atoms with van der Waals surface area (Å²) in [6, 6.07) is 11.9. The summed E-state index contributed by atoms with van der Waals surface area (Å²) in [4.78, 5) is 29.1. The van der Waals surface area contributed by atoms with E-state index in [2.05, 4.69) is 15.6 Å². The molecule has 0 aliphatic carbocycles. The Morgan fingerprint density at radius 1 is 1.21 bits per heavy atom. The molecule has 0 aromatic heterocycles. The van der Waals surface area contributed by atoms with E-state index in [1.54, 1.807) is 18.2 Å². The molecule has 28 heavy (non-hydrogen) atoms. The van der Waals surface area contributed by atoms with Crippen LogP contribution in [0.5, 0.6) is 17.2 Å². The number of hydrogen-bond donors (Lipinski definition) is 2. The number of nitrogens with one attached hydrogen (secondary N) is 2. The second kappa shape index (κ2) is 7.59. The molecule has 0 saturated carbocycles. The van der Waals surface area contributed by atoms with Gasteiger partial charge in [0, 0.05) is 5.56 Å². The van der Waals surface area contributed by atoms with Crippen molar-refractivity contribution in [3.05, 3.63) is 53.6 Å². The molecule has 0 spiro atoms. The molecule has 2 N–H and O–H groups in total. The van der Waals surface area contributed by atoms with E-state index in [0.29, 0.717) is 23.7 Å². The van der Waals surface area contributed by atoms with E-state index < -0.39 is 5.91 Å². The molecule has 2 amide bonds. The highest BCUT2D eigenvalue weighted by atomic mass is 16.7. The largest absolute Gasteiger partial charge is 0.494 e. The number of amides is 2. The fraction of sp³-hybridized carbons (Fsp3) is 0.250. The van der Waals surface area contributed by atoms with Crippen LogP contribution in [0.2, 0.25) is 0 Å². The highest BCUT2D eigenvalue weighted by Gasteiger charge is 2.24. The van der Waals surface area contributed by atoms with Crippen LogP contribution in [0.3, 0.4) is 0 Å². The van der Waals surface area contributed by atoms with Crippen LogP contribution >= 0.6 is 0 Å². The van der Waals surface area contributed by atoms with Crippen molar-refractivity contribution in [3.63, 3.8) is 0 Å². The molecule has 0 radical (unpaired) electrons. The molecule has 0 saturated heterocycles. The zero-order chi connectivity index (χ0) is 19.5. The lowest BCUT2D eigenvalue weighted by Crippen LogP contribution is -2.47. The van der Waals surface area contributed by atoms with E-state index in [1.807, 2.05) is 31.2 Å². The van der Waals surface area contributed by atoms with Gasteiger partial charge in [-0.05, 0) is 42.8 Å². The molecule has 0 bridgehead atoms. The van der Waals surface area contributed by atoms with E-state index in [-0.39, 0.29) is 31.1 Å². The summed E-state index contributed by atoms with van der Waals surface area (Å²) in [5, 5.41) is 5.25. The average molecular weight is 381 g/mol. The van der Waals surface area contributed by atoms with Crippen molar-refractivity contribution >= 4 is 17.8 Å². The summed E-state index contributed by atoms with van der Waals surface area (Å²) < 4.78 is 16.0. The van der Waals surface area contributed by atoms with E-state index in [4.69, 9.17) is 14.2 Å². The molecular formula is C20H19N3O5. The van der Waals surface area contributed by atoms with Gasteiger partial charge in [-0.3, -0.25) is 20.2 Å². The highest BCUT2D eigenvalue weighted by molar-refractivity contribution is 6.10. The van der Waals surface area contributed by atoms with Gasteiger partial charge in [-0.25, -0.2) is 4.99 Å². The lowest BCUT2D eigenvalue weighted by atomic mass is 10.0. The Labute approximate surface area is 161 Å². The summed E-state index contributed by atoms with van der Waals surface area (Å²) in [6.07, 6.45) is 0.206. The van der Waals surface area contributed by atoms with Gasteiger partial charge in [-0.1, -0.05) is 12.1 Å². The average Bonchev–Trinajstić information content (AvgIpc) is 3.16. The number of hydrogen-bond acceptors (Lipinski definition) is 6. The minimum absolute atomic E-state index is 0.123. The Kier molecular flexibility index (Phi) is 4.84. The van der Waals surface area contributed by atoms with Crippen LogP contribution in [0.25, 0.3) is 0 Å². The van der Waals surface area contributed by atoms with Gasteiger partial charge >= 0.3 is 0 Å². The molecular weight excluding hydrogens is 362 g/mol. The lowest BCUT2D eigenvalue weighted by Gasteiger charge is -2.21. The first kappa shape index (κ1) is 17.8. The summed E-state index contributed by atoms with van der Waals surface area (Å²) in [5.41, 5.74) is 1.25. The first-order chi connectivity index (χ1) is 13.6. The molecule has 2 aromatic rings. The summed E-state index contributed by atoms with van der Waals surface area (Å²) in [5.74, 6) is 1.37. The van der Waals surface area contributed by atoms with E-state index in [1.165, 1.54) is 0 Å². The Bertz CT molecular complexity index is 939. The van der Waals surface area contributed by atoms with Crippen LogP contribution in [-0.4, -0.2) is 31.2 Å². The summed E-state index contributed by atoms with van der Waals surface area (Å²) in [6.45, 7) is 2.63. The van der Waals surface area contributed by atoms with Crippen molar-refractivity contribution in [2.75, 3.05) is 13.4 Å².